The molecule has 0 unspecified atom stereocenters. The van der Waals surface area contributed by atoms with Crippen LogP contribution in [0.4, 0.5) is 0 Å². The third kappa shape index (κ3) is 7.07. The number of nitrogens with zero attached hydrogens (tertiary/aromatic N) is 2. The number of Topliss-reactive ketones (excluding diaryl/α,β-unsaturated/α-hetero) is 1. The Kier molecular flexibility index (Phi) is 8.42. The van der Waals surface area contributed by atoms with Gasteiger partial charge in [-0.25, -0.2) is 4.99 Å². The van der Waals surface area contributed by atoms with Crippen molar-refractivity contribution in [1.29, 1.82) is 0 Å². The number of hydrogen-bond donors (Lipinski definition) is 2. The van der Waals surface area contributed by atoms with Crippen LogP contribution in [0.5, 0.6) is 0 Å². The molecule has 1 saturated heterocycles. The summed E-state index contributed by atoms with van der Waals surface area (Å²) < 4.78 is 0. The van der Waals surface area contributed by atoms with Gasteiger partial charge in [0.05, 0.1) is 6.54 Å². The summed E-state index contributed by atoms with van der Waals surface area (Å²) in [6, 6.07) is 18.7. The van der Waals surface area contributed by atoms with E-state index in [0.717, 1.165) is 55.6 Å². The summed E-state index contributed by atoms with van der Waals surface area (Å²) in [6.45, 7) is 5.54. The molecule has 1 aliphatic rings. The number of ketones is 1. The molecule has 0 saturated carbocycles. The van der Waals surface area contributed by atoms with E-state index in [0.29, 0.717) is 18.9 Å². The Balaban J connectivity index is 1.64. The zero-order valence-electron chi connectivity index (χ0n) is 18.5. The first-order chi connectivity index (χ1) is 15.0. The van der Waals surface area contributed by atoms with Crippen LogP contribution in [0.2, 0.25) is 0 Å². The predicted molar refractivity (Wildman–Crippen MR) is 129 cm³/mol. The van der Waals surface area contributed by atoms with Crippen molar-refractivity contribution in [3.05, 3.63) is 76.9 Å². The summed E-state index contributed by atoms with van der Waals surface area (Å²) in [5, 5.41) is 0. The maximum atomic E-state index is 12.8. The number of piperidine rings is 1. The summed E-state index contributed by atoms with van der Waals surface area (Å²) in [4.78, 5) is 19.4. The highest BCUT2D eigenvalue weighted by Gasteiger charge is 2.25. The zero-order valence-corrected chi connectivity index (χ0v) is 18.5. The molecular formula is C26H34N4O. The number of rotatable bonds is 9. The predicted octanol–water partition coefficient (Wildman–Crippen LogP) is 3.78. The van der Waals surface area contributed by atoms with E-state index in [1.54, 1.807) is 0 Å². The number of nitrogens with two attached hydrogens (primary N) is 2. The molecule has 4 N–H and O–H groups in total. The molecule has 1 heterocycles. The van der Waals surface area contributed by atoms with Gasteiger partial charge in [-0.3, -0.25) is 4.79 Å². The highest BCUT2D eigenvalue weighted by molar-refractivity contribution is 5.99. The Morgan fingerprint density at radius 2 is 1.77 bits per heavy atom. The van der Waals surface area contributed by atoms with Crippen molar-refractivity contribution in [2.24, 2.45) is 22.4 Å². The zero-order chi connectivity index (χ0) is 22.1. The third-order valence-corrected chi connectivity index (χ3v) is 5.95. The van der Waals surface area contributed by atoms with Gasteiger partial charge in [0.15, 0.2) is 11.7 Å². The van der Waals surface area contributed by atoms with Crippen molar-refractivity contribution in [1.82, 2.24) is 4.90 Å². The van der Waals surface area contributed by atoms with Gasteiger partial charge < -0.3 is 16.4 Å². The Bertz CT molecular complexity index is 908. The summed E-state index contributed by atoms with van der Waals surface area (Å²) in [5.41, 5.74) is 15.3. The normalized spacial score (nSPS) is 15.6. The molecule has 31 heavy (non-hydrogen) atoms. The van der Waals surface area contributed by atoms with Crippen molar-refractivity contribution in [2.75, 3.05) is 19.6 Å². The van der Waals surface area contributed by atoms with E-state index in [4.69, 9.17) is 11.5 Å². The Morgan fingerprint density at radius 3 is 2.45 bits per heavy atom. The van der Waals surface area contributed by atoms with Gasteiger partial charge in [-0.2, -0.15) is 0 Å². The minimum absolute atomic E-state index is 0.0850. The summed E-state index contributed by atoms with van der Waals surface area (Å²) >= 11 is 0. The van der Waals surface area contributed by atoms with Crippen LogP contribution >= 0.6 is 0 Å². The number of carbonyl (C=O) groups excluding carboxylic acids is 1. The molecule has 5 heteroatoms. The van der Waals surface area contributed by atoms with Gasteiger partial charge in [-0.15, -0.1) is 0 Å². The van der Waals surface area contributed by atoms with Crippen LogP contribution < -0.4 is 11.5 Å². The number of guanidine groups is 1. The van der Waals surface area contributed by atoms with E-state index >= 15 is 0 Å². The molecule has 0 spiro atoms. The van der Waals surface area contributed by atoms with E-state index in [-0.39, 0.29) is 11.7 Å². The Labute approximate surface area is 185 Å². The molecule has 0 aliphatic carbocycles. The van der Waals surface area contributed by atoms with Crippen LogP contribution in [0.15, 0.2) is 65.2 Å². The first kappa shape index (κ1) is 22.8. The van der Waals surface area contributed by atoms with Crippen molar-refractivity contribution in [3.63, 3.8) is 0 Å². The Morgan fingerprint density at radius 1 is 1.06 bits per heavy atom. The Hall–Kier alpha value is -2.92. The highest BCUT2D eigenvalue weighted by Crippen LogP contribution is 2.28. The number of allylic oxidation sites excluding steroid dienone is 1. The van der Waals surface area contributed by atoms with Gasteiger partial charge in [0.25, 0.3) is 0 Å². The van der Waals surface area contributed by atoms with Gasteiger partial charge in [0.1, 0.15) is 0 Å². The van der Waals surface area contributed by atoms with E-state index in [2.05, 4.69) is 52.4 Å². The molecule has 2 aromatic carbocycles. The second kappa shape index (κ2) is 11.5. The molecular weight excluding hydrogens is 384 g/mol. The molecule has 164 valence electrons. The molecule has 2 aromatic rings. The summed E-state index contributed by atoms with van der Waals surface area (Å²) in [5.74, 6) is 0.654. The fourth-order valence-electron chi connectivity index (χ4n) is 4.17. The average molecular weight is 419 g/mol. The molecule has 0 bridgehead atoms. The minimum atomic E-state index is 0.0850. The fraction of sp³-hybridized carbons (Fsp3) is 0.385. The second-order valence-electron chi connectivity index (χ2n) is 8.21. The van der Waals surface area contributed by atoms with Crippen LogP contribution in [-0.4, -0.2) is 36.3 Å². The standard InChI is InChI=1S/C26H34N4O/c1-2-25(31)24(18-21-9-6-10-22(17-21)19-29-26(27)28)23-12-15-30(16-13-23)14-11-20-7-4-3-5-8-20/h3-10,17-18,23H,2,11-16,19H2,1H3,(H4,27,28,29)/b24-18+. The topological polar surface area (TPSA) is 84.7 Å². The van der Waals surface area contributed by atoms with E-state index < -0.39 is 0 Å². The third-order valence-electron chi connectivity index (χ3n) is 5.95. The van der Waals surface area contributed by atoms with Crippen LogP contribution in [0.3, 0.4) is 0 Å². The second-order valence-corrected chi connectivity index (χ2v) is 8.21. The van der Waals surface area contributed by atoms with Crippen molar-refractivity contribution >= 4 is 17.8 Å². The van der Waals surface area contributed by atoms with Gasteiger partial charge in [-0.1, -0.05) is 55.5 Å². The number of carbonyl (C=O) groups is 1. The minimum Gasteiger partial charge on any atom is -0.370 e. The monoisotopic (exact) mass is 418 g/mol. The van der Waals surface area contributed by atoms with E-state index in [1.807, 2.05) is 25.1 Å². The molecule has 1 fully saturated rings. The van der Waals surface area contributed by atoms with Gasteiger partial charge in [-0.05, 0) is 72.7 Å². The smallest absolute Gasteiger partial charge is 0.186 e. The van der Waals surface area contributed by atoms with Gasteiger partial charge in [0, 0.05) is 13.0 Å². The quantitative estimate of drug-likeness (QED) is 0.369. The summed E-state index contributed by atoms with van der Waals surface area (Å²) in [7, 11) is 0. The van der Waals surface area contributed by atoms with Gasteiger partial charge >= 0.3 is 0 Å². The maximum Gasteiger partial charge on any atom is 0.186 e. The molecule has 0 radical (unpaired) electrons. The van der Waals surface area contributed by atoms with Crippen LogP contribution in [0, 0.1) is 5.92 Å². The fourth-order valence-corrected chi connectivity index (χ4v) is 4.17. The van der Waals surface area contributed by atoms with Crippen LogP contribution in [-0.2, 0) is 17.8 Å². The molecule has 0 atom stereocenters. The lowest BCUT2D eigenvalue weighted by molar-refractivity contribution is -0.115. The lowest BCUT2D eigenvalue weighted by atomic mass is 9.84. The van der Waals surface area contributed by atoms with E-state index in [1.165, 1.54) is 5.56 Å². The van der Waals surface area contributed by atoms with Crippen molar-refractivity contribution in [2.45, 2.75) is 39.2 Å². The lowest BCUT2D eigenvalue weighted by Gasteiger charge is -2.33. The summed E-state index contributed by atoms with van der Waals surface area (Å²) in [6.07, 6.45) is 5.74. The molecule has 0 amide bonds. The van der Waals surface area contributed by atoms with E-state index in [9.17, 15) is 4.79 Å². The molecule has 1 aliphatic heterocycles. The van der Waals surface area contributed by atoms with Crippen LogP contribution in [0.25, 0.3) is 6.08 Å². The molecule has 5 nitrogen and oxygen atoms in total. The highest BCUT2D eigenvalue weighted by atomic mass is 16.1. The number of hydrogen-bond acceptors (Lipinski definition) is 3. The average Bonchev–Trinajstić information content (AvgIpc) is 2.81. The SMILES string of the molecule is CCC(=O)/C(=C/c1cccc(CN=C(N)N)c1)C1CCN(CCc2ccccc2)CC1. The number of aliphatic imine (C=N–C) groups is 1. The number of benzene rings is 2. The van der Waals surface area contributed by atoms with Gasteiger partial charge in [0.2, 0.25) is 0 Å². The molecule has 0 aromatic heterocycles. The van der Waals surface area contributed by atoms with Crippen molar-refractivity contribution in [3.8, 4) is 0 Å². The largest absolute Gasteiger partial charge is 0.370 e. The number of likely N-dealkylation sites (tertiary alicyclic amines) is 1. The first-order valence-electron chi connectivity index (χ1n) is 11.2. The van der Waals surface area contributed by atoms with Crippen molar-refractivity contribution < 1.29 is 4.79 Å². The van der Waals surface area contributed by atoms with Crippen LogP contribution in [0.1, 0.15) is 42.9 Å². The maximum absolute atomic E-state index is 12.8. The first-order valence-corrected chi connectivity index (χ1v) is 11.2. The molecule has 3 rings (SSSR count). The lowest BCUT2D eigenvalue weighted by Crippen LogP contribution is -2.36.